The molecule has 0 saturated carbocycles. The van der Waals surface area contributed by atoms with Gasteiger partial charge in [0.15, 0.2) is 11.5 Å². The maximum atomic E-state index is 13.7. The summed E-state index contributed by atoms with van der Waals surface area (Å²) >= 11 is 6.52. The third kappa shape index (κ3) is 6.60. The molecule has 0 aliphatic carbocycles. The molecule has 1 fully saturated rings. The lowest BCUT2D eigenvalue weighted by Crippen LogP contribution is -2.57. The molecular formula is C27H36ClN3O4. The summed E-state index contributed by atoms with van der Waals surface area (Å²) in [5.41, 5.74) is 2.07. The number of benzene rings is 2. The standard InChI is InChI=1S/C27H36ClN3O4/c1-19(2)15-31(16-20-13-22(28)26-25(14-20)34-11-6-12-35-26)27(32)23-18-30(10-9-29-23)17-21-7-4-5-8-24(21)33-3/h4-5,7-8,13-14,19,23,29H,6,9-12,15-18H2,1-3H3. The van der Waals surface area contributed by atoms with Crippen molar-refractivity contribution in [1.29, 1.82) is 0 Å². The van der Waals surface area contributed by atoms with Crippen molar-refractivity contribution in [1.82, 2.24) is 15.1 Å². The molecule has 2 aromatic rings. The van der Waals surface area contributed by atoms with E-state index in [1.807, 2.05) is 35.2 Å². The second kappa shape index (κ2) is 12.0. The van der Waals surface area contributed by atoms with Crippen molar-refractivity contribution in [3.63, 3.8) is 0 Å². The molecule has 0 spiro atoms. The summed E-state index contributed by atoms with van der Waals surface area (Å²) in [5, 5.41) is 3.96. The van der Waals surface area contributed by atoms with Crippen molar-refractivity contribution in [3.05, 3.63) is 52.5 Å². The third-order valence-corrected chi connectivity index (χ3v) is 6.56. The lowest BCUT2D eigenvalue weighted by Gasteiger charge is -2.36. The van der Waals surface area contributed by atoms with Gasteiger partial charge in [-0.15, -0.1) is 0 Å². The summed E-state index contributed by atoms with van der Waals surface area (Å²) in [7, 11) is 1.69. The average molecular weight is 502 g/mol. The van der Waals surface area contributed by atoms with E-state index in [9.17, 15) is 4.79 Å². The van der Waals surface area contributed by atoms with Crippen LogP contribution in [-0.2, 0) is 17.9 Å². The number of nitrogens with one attached hydrogen (secondary N) is 1. The lowest BCUT2D eigenvalue weighted by atomic mass is 10.1. The predicted octanol–water partition coefficient (Wildman–Crippen LogP) is 3.97. The highest BCUT2D eigenvalue weighted by Gasteiger charge is 2.30. The molecule has 8 heteroatoms. The van der Waals surface area contributed by atoms with E-state index in [1.54, 1.807) is 7.11 Å². The van der Waals surface area contributed by atoms with Gasteiger partial charge in [-0.05, 0) is 29.7 Å². The zero-order chi connectivity index (χ0) is 24.8. The molecule has 0 radical (unpaired) electrons. The van der Waals surface area contributed by atoms with Gasteiger partial charge in [0.1, 0.15) is 5.75 Å². The maximum absolute atomic E-state index is 13.7. The average Bonchev–Trinajstić information content (AvgIpc) is 3.09. The highest BCUT2D eigenvalue weighted by Crippen LogP contribution is 2.38. The Hall–Kier alpha value is -2.48. The first-order chi connectivity index (χ1) is 16.9. The maximum Gasteiger partial charge on any atom is 0.241 e. The molecule has 2 aliphatic rings. The number of halogens is 1. The van der Waals surface area contributed by atoms with Crippen LogP contribution in [0, 0.1) is 5.92 Å². The molecule has 1 N–H and O–H groups in total. The Balaban J connectivity index is 1.47. The van der Waals surface area contributed by atoms with E-state index in [0.717, 1.165) is 42.9 Å². The molecule has 2 aromatic carbocycles. The number of amides is 1. The number of piperazine rings is 1. The minimum Gasteiger partial charge on any atom is -0.496 e. The minimum atomic E-state index is -0.270. The molecule has 4 rings (SSSR count). The molecule has 1 saturated heterocycles. The van der Waals surface area contributed by atoms with Gasteiger partial charge < -0.3 is 24.4 Å². The lowest BCUT2D eigenvalue weighted by molar-refractivity contribution is -0.135. The molecule has 0 bridgehead atoms. The molecule has 2 heterocycles. The Morgan fingerprint density at radius 1 is 1.26 bits per heavy atom. The summed E-state index contributed by atoms with van der Waals surface area (Å²) in [4.78, 5) is 18.0. The molecular weight excluding hydrogens is 466 g/mol. The fourth-order valence-corrected chi connectivity index (χ4v) is 4.97. The van der Waals surface area contributed by atoms with Gasteiger partial charge in [0.05, 0.1) is 31.4 Å². The van der Waals surface area contributed by atoms with Crippen LogP contribution < -0.4 is 19.5 Å². The Labute approximate surface area is 213 Å². The fourth-order valence-electron chi connectivity index (χ4n) is 4.68. The van der Waals surface area contributed by atoms with Gasteiger partial charge in [-0.25, -0.2) is 0 Å². The summed E-state index contributed by atoms with van der Waals surface area (Å²) < 4.78 is 17.1. The van der Waals surface area contributed by atoms with Crippen molar-refractivity contribution in [3.8, 4) is 17.2 Å². The molecule has 1 atom stereocenters. The van der Waals surface area contributed by atoms with E-state index in [-0.39, 0.29) is 11.9 Å². The zero-order valence-electron chi connectivity index (χ0n) is 20.9. The monoisotopic (exact) mass is 501 g/mol. The van der Waals surface area contributed by atoms with Crippen LogP contribution in [-0.4, -0.2) is 68.3 Å². The number of carbonyl (C=O) groups excluding carboxylic acids is 1. The van der Waals surface area contributed by atoms with E-state index in [1.165, 1.54) is 0 Å². The quantitative estimate of drug-likeness (QED) is 0.590. The van der Waals surface area contributed by atoms with Gasteiger partial charge in [0.2, 0.25) is 5.91 Å². The largest absolute Gasteiger partial charge is 0.496 e. The van der Waals surface area contributed by atoms with Gasteiger partial charge in [-0.1, -0.05) is 43.6 Å². The molecule has 1 amide bonds. The SMILES string of the molecule is COc1ccccc1CN1CCNC(C(=O)N(Cc2cc(Cl)c3c(c2)OCCCO3)CC(C)C)C1. The molecule has 7 nitrogen and oxygen atoms in total. The fraction of sp³-hybridized carbons (Fsp3) is 0.519. The number of rotatable bonds is 8. The van der Waals surface area contributed by atoms with E-state index in [2.05, 4.69) is 30.1 Å². The van der Waals surface area contributed by atoms with Crippen molar-refractivity contribution >= 4 is 17.5 Å². The number of carbonyl (C=O) groups is 1. The van der Waals surface area contributed by atoms with E-state index < -0.39 is 0 Å². The van der Waals surface area contributed by atoms with E-state index >= 15 is 0 Å². The van der Waals surface area contributed by atoms with Crippen molar-refractivity contribution in [2.75, 3.05) is 46.5 Å². The molecule has 1 unspecified atom stereocenters. The second-order valence-corrected chi connectivity index (χ2v) is 10.0. The first-order valence-corrected chi connectivity index (χ1v) is 12.8. The van der Waals surface area contributed by atoms with Crippen LogP contribution in [0.1, 0.15) is 31.4 Å². The van der Waals surface area contributed by atoms with E-state index in [4.69, 9.17) is 25.8 Å². The van der Waals surface area contributed by atoms with Crippen LogP contribution in [0.15, 0.2) is 36.4 Å². The smallest absolute Gasteiger partial charge is 0.241 e. The van der Waals surface area contributed by atoms with Crippen molar-refractivity contribution in [2.45, 2.75) is 39.4 Å². The number of hydrogen-bond acceptors (Lipinski definition) is 6. The third-order valence-electron chi connectivity index (χ3n) is 6.28. The summed E-state index contributed by atoms with van der Waals surface area (Å²) in [6, 6.07) is 11.6. The Kier molecular flexibility index (Phi) is 8.76. The van der Waals surface area contributed by atoms with Crippen molar-refractivity contribution in [2.24, 2.45) is 5.92 Å². The van der Waals surface area contributed by atoms with Crippen LogP contribution in [0.3, 0.4) is 0 Å². The number of fused-ring (bicyclic) bond motifs is 1. The Morgan fingerprint density at radius 3 is 2.86 bits per heavy atom. The summed E-state index contributed by atoms with van der Waals surface area (Å²) in [5.74, 6) is 2.56. The van der Waals surface area contributed by atoms with Gasteiger partial charge in [0.25, 0.3) is 0 Å². The van der Waals surface area contributed by atoms with Crippen LogP contribution in [0.5, 0.6) is 17.2 Å². The number of ether oxygens (including phenoxy) is 3. The second-order valence-electron chi connectivity index (χ2n) is 9.62. The van der Waals surface area contributed by atoms with Gasteiger partial charge in [0, 0.05) is 51.3 Å². The van der Waals surface area contributed by atoms with Crippen LogP contribution in [0.2, 0.25) is 5.02 Å². The van der Waals surface area contributed by atoms with Gasteiger partial charge in [-0.3, -0.25) is 9.69 Å². The molecule has 0 aromatic heterocycles. The van der Waals surface area contributed by atoms with Crippen LogP contribution in [0.4, 0.5) is 0 Å². The zero-order valence-corrected chi connectivity index (χ0v) is 21.6. The Morgan fingerprint density at radius 2 is 2.06 bits per heavy atom. The molecule has 190 valence electrons. The number of hydrogen-bond donors (Lipinski definition) is 1. The van der Waals surface area contributed by atoms with Gasteiger partial charge in [-0.2, -0.15) is 0 Å². The van der Waals surface area contributed by atoms with Crippen LogP contribution in [0.25, 0.3) is 0 Å². The number of nitrogens with zero attached hydrogens (tertiary/aromatic N) is 2. The van der Waals surface area contributed by atoms with Crippen LogP contribution >= 0.6 is 11.6 Å². The van der Waals surface area contributed by atoms with E-state index in [0.29, 0.717) is 55.3 Å². The number of para-hydroxylation sites is 1. The molecule has 2 aliphatic heterocycles. The van der Waals surface area contributed by atoms with Crippen molar-refractivity contribution < 1.29 is 19.0 Å². The predicted molar refractivity (Wildman–Crippen MR) is 137 cm³/mol. The first kappa shape index (κ1) is 25.6. The highest BCUT2D eigenvalue weighted by molar-refractivity contribution is 6.32. The Bertz CT molecular complexity index is 1020. The molecule has 35 heavy (non-hydrogen) atoms. The minimum absolute atomic E-state index is 0.103. The highest BCUT2D eigenvalue weighted by atomic mass is 35.5. The normalized spacial score (nSPS) is 18.3. The first-order valence-electron chi connectivity index (χ1n) is 12.4. The van der Waals surface area contributed by atoms with Gasteiger partial charge >= 0.3 is 0 Å². The topological polar surface area (TPSA) is 63.3 Å². The number of methoxy groups -OCH3 is 1. The summed E-state index contributed by atoms with van der Waals surface area (Å²) in [6.07, 6.45) is 0.816. The summed E-state index contributed by atoms with van der Waals surface area (Å²) in [6.45, 7) is 9.60.